The summed E-state index contributed by atoms with van der Waals surface area (Å²) >= 11 is 5.92. The van der Waals surface area contributed by atoms with E-state index in [0.717, 1.165) is 0 Å². The number of hydrogen-bond donors (Lipinski definition) is 1. The predicted octanol–water partition coefficient (Wildman–Crippen LogP) is 1.86. The highest BCUT2D eigenvalue weighted by Crippen LogP contribution is 2.27. The van der Waals surface area contributed by atoms with Crippen LogP contribution in [0.3, 0.4) is 0 Å². The highest BCUT2D eigenvalue weighted by Gasteiger charge is 2.30. The van der Waals surface area contributed by atoms with Crippen LogP contribution in [0.1, 0.15) is 0 Å². The molecule has 0 aromatic heterocycles. The van der Waals surface area contributed by atoms with Crippen molar-refractivity contribution < 1.29 is 16.8 Å². The second kappa shape index (κ2) is 7.69. The normalized spacial score (nSPS) is 19.8. The minimum atomic E-state index is -3.74. The number of fused-ring (bicyclic) bond motifs is 1. The van der Waals surface area contributed by atoms with Gasteiger partial charge in [0.2, 0.25) is 10.0 Å². The van der Waals surface area contributed by atoms with Crippen LogP contribution in [0.25, 0.3) is 0 Å². The Morgan fingerprint density at radius 1 is 1.03 bits per heavy atom. The van der Waals surface area contributed by atoms with Gasteiger partial charge in [-0.25, -0.2) is 8.42 Å². The lowest BCUT2D eigenvalue weighted by molar-refractivity contribution is 0.209. The molecule has 2 aromatic carbocycles. The van der Waals surface area contributed by atoms with Gasteiger partial charge in [0, 0.05) is 31.2 Å². The number of hydrogen-bond acceptors (Lipinski definition) is 6. The van der Waals surface area contributed by atoms with Crippen molar-refractivity contribution in [2.75, 3.05) is 38.0 Å². The molecule has 2 aliphatic rings. The molecule has 0 radical (unpaired) electrons. The molecule has 1 saturated heterocycles. The Morgan fingerprint density at radius 2 is 1.76 bits per heavy atom. The quantitative estimate of drug-likeness (QED) is 0.757. The monoisotopic (exact) mass is 454 g/mol. The molecule has 2 aliphatic heterocycles. The Hall–Kier alpha value is -1.98. The summed E-state index contributed by atoms with van der Waals surface area (Å²) in [7, 11) is -7.36. The standard InChI is InChI=1S/C18H19ClN4O4S2/c19-14-4-3-5-15(12-14)29(26,27)23-10-8-22(9-11-23)13-18-20-16-6-1-2-7-17(16)28(24,25)21-18/h1-7,12H,8-11,13H2,(H,20,21). The molecule has 0 unspecified atom stereocenters. The van der Waals surface area contributed by atoms with Gasteiger partial charge in [-0.1, -0.05) is 29.8 Å². The van der Waals surface area contributed by atoms with Gasteiger partial charge >= 0.3 is 0 Å². The van der Waals surface area contributed by atoms with Gasteiger partial charge in [0.05, 0.1) is 17.1 Å². The molecular formula is C18H19ClN4O4S2. The van der Waals surface area contributed by atoms with Crippen molar-refractivity contribution in [3.8, 4) is 0 Å². The number of piperazine rings is 1. The van der Waals surface area contributed by atoms with Crippen LogP contribution < -0.4 is 5.32 Å². The first-order valence-corrected chi connectivity index (χ1v) is 12.2. The molecule has 0 spiro atoms. The summed E-state index contributed by atoms with van der Waals surface area (Å²) in [6.45, 7) is 1.81. The number of nitrogens with one attached hydrogen (secondary N) is 1. The zero-order chi connectivity index (χ0) is 20.6. The lowest BCUT2D eigenvalue weighted by atomic mass is 10.3. The van der Waals surface area contributed by atoms with Gasteiger partial charge < -0.3 is 5.32 Å². The van der Waals surface area contributed by atoms with Gasteiger partial charge in [-0.2, -0.15) is 12.7 Å². The maximum atomic E-state index is 12.8. The summed E-state index contributed by atoms with van der Waals surface area (Å²) in [6.07, 6.45) is 0. The molecule has 0 bridgehead atoms. The maximum absolute atomic E-state index is 12.8. The number of rotatable bonds is 4. The van der Waals surface area contributed by atoms with Crippen molar-refractivity contribution in [3.05, 3.63) is 53.6 Å². The van der Waals surface area contributed by atoms with Gasteiger partial charge in [-0.3, -0.25) is 4.90 Å². The van der Waals surface area contributed by atoms with Crippen LogP contribution in [0.5, 0.6) is 0 Å². The molecular weight excluding hydrogens is 436 g/mol. The van der Waals surface area contributed by atoms with Crippen LogP contribution in [0, 0.1) is 0 Å². The topological polar surface area (TPSA) is 99.2 Å². The van der Waals surface area contributed by atoms with Gasteiger partial charge in [-0.15, -0.1) is 4.40 Å². The molecule has 0 saturated carbocycles. The van der Waals surface area contributed by atoms with E-state index >= 15 is 0 Å². The third-order valence-corrected chi connectivity index (χ3v) is 8.32. The maximum Gasteiger partial charge on any atom is 0.286 e. The van der Waals surface area contributed by atoms with Crippen LogP contribution >= 0.6 is 11.6 Å². The fourth-order valence-corrected chi connectivity index (χ4v) is 6.22. The summed E-state index contributed by atoms with van der Waals surface area (Å²) < 4.78 is 55.6. The predicted molar refractivity (Wildman–Crippen MR) is 111 cm³/mol. The molecule has 154 valence electrons. The summed E-state index contributed by atoms with van der Waals surface area (Å²) in [5.74, 6) is 0.329. The lowest BCUT2D eigenvalue weighted by Crippen LogP contribution is -2.50. The molecule has 0 amide bonds. The number of anilines is 1. The summed E-state index contributed by atoms with van der Waals surface area (Å²) in [5, 5.41) is 3.42. The van der Waals surface area contributed by atoms with E-state index in [-0.39, 0.29) is 9.79 Å². The molecule has 2 aromatic rings. The van der Waals surface area contributed by atoms with Gasteiger partial charge in [-0.05, 0) is 30.3 Å². The Morgan fingerprint density at radius 3 is 2.48 bits per heavy atom. The molecule has 1 fully saturated rings. The molecule has 4 rings (SSSR count). The van der Waals surface area contributed by atoms with Crippen molar-refractivity contribution in [2.45, 2.75) is 9.79 Å². The molecule has 29 heavy (non-hydrogen) atoms. The third kappa shape index (κ3) is 4.17. The number of sulfonamides is 2. The molecule has 1 N–H and O–H groups in total. The highest BCUT2D eigenvalue weighted by atomic mass is 35.5. The number of benzene rings is 2. The zero-order valence-electron chi connectivity index (χ0n) is 15.3. The third-order valence-electron chi connectivity index (χ3n) is 4.81. The fourth-order valence-electron chi connectivity index (χ4n) is 3.35. The van der Waals surface area contributed by atoms with E-state index in [1.807, 2.05) is 4.90 Å². The van der Waals surface area contributed by atoms with E-state index in [0.29, 0.717) is 49.3 Å². The average Bonchev–Trinajstić information content (AvgIpc) is 2.68. The van der Waals surface area contributed by atoms with Crippen LogP contribution in [0.15, 0.2) is 62.7 Å². The number of amidine groups is 1. The molecule has 11 heteroatoms. The van der Waals surface area contributed by atoms with Gasteiger partial charge in [0.1, 0.15) is 10.7 Å². The van der Waals surface area contributed by atoms with Crippen LogP contribution in [0.2, 0.25) is 5.02 Å². The molecule has 0 aliphatic carbocycles. The van der Waals surface area contributed by atoms with Gasteiger partial charge in [0.15, 0.2) is 0 Å². The summed E-state index contributed by atoms with van der Waals surface area (Å²) in [6, 6.07) is 12.8. The first kappa shape index (κ1) is 20.3. The van der Waals surface area contributed by atoms with Crippen LogP contribution in [-0.2, 0) is 20.0 Å². The highest BCUT2D eigenvalue weighted by molar-refractivity contribution is 7.90. The smallest absolute Gasteiger partial charge is 0.286 e. The van der Waals surface area contributed by atoms with E-state index in [9.17, 15) is 16.8 Å². The fraction of sp³-hybridized carbons (Fsp3) is 0.278. The Bertz CT molecular complexity index is 1170. The van der Waals surface area contributed by atoms with E-state index < -0.39 is 20.0 Å². The Labute approximate surface area is 174 Å². The minimum absolute atomic E-state index is 0.154. The number of nitrogens with zero attached hydrogens (tertiary/aromatic N) is 3. The van der Waals surface area contributed by atoms with E-state index in [1.54, 1.807) is 30.3 Å². The van der Waals surface area contributed by atoms with Crippen molar-refractivity contribution in [1.29, 1.82) is 0 Å². The summed E-state index contributed by atoms with van der Waals surface area (Å²) in [4.78, 5) is 2.29. The van der Waals surface area contributed by atoms with E-state index in [2.05, 4.69) is 9.71 Å². The molecule has 0 atom stereocenters. The first-order chi connectivity index (χ1) is 13.8. The summed E-state index contributed by atoms with van der Waals surface area (Å²) in [5.41, 5.74) is 0.500. The van der Waals surface area contributed by atoms with Crippen LogP contribution in [0.4, 0.5) is 5.69 Å². The minimum Gasteiger partial charge on any atom is -0.341 e. The van der Waals surface area contributed by atoms with Crippen LogP contribution in [-0.4, -0.2) is 64.6 Å². The van der Waals surface area contributed by atoms with Crippen molar-refractivity contribution in [1.82, 2.24) is 9.21 Å². The van der Waals surface area contributed by atoms with E-state index in [1.165, 1.54) is 22.5 Å². The van der Waals surface area contributed by atoms with Crippen molar-refractivity contribution >= 4 is 43.2 Å². The zero-order valence-corrected chi connectivity index (χ0v) is 17.7. The largest absolute Gasteiger partial charge is 0.341 e. The van der Waals surface area contributed by atoms with Crippen molar-refractivity contribution in [2.24, 2.45) is 4.40 Å². The SMILES string of the molecule is O=S1(=O)N=C(CN2CCN(S(=O)(=O)c3cccc(Cl)c3)CC2)Nc2ccccc21. The van der Waals surface area contributed by atoms with Gasteiger partial charge in [0.25, 0.3) is 10.0 Å². The second-order valence-electron chi connectivity index (χ2n) is 6.77. The lowest BCUT2D eigenvalue weighted by Gasteiger charge is -2.34. The first-order valence-electron chi connectivity index (χ1n) is 8.94. The Kier molecular flexibility index (Phi) is 5.38. The van der Waals surface area contributed by atoms with E-state index in [4.69, 9.17) is 11.6 Å². The molecule has 2 heterocycles. The van der Waals surface area contributed by atoms with Crippen molar-refractivity contribution in [3.63, 3.8) is 0 Å². The average molecular weight is 455 g/mol. The number of halogens is 1. The Balaban J connectivity index is 1.43. The number of para-hydroxylation sites is 1. The second-order valence-corrected chi connectivity index (χ2v) is 10.7. The molecule has 8 nitrogen and oxygen atoms in total.